The van der Waals surface area contributed by atoms with E-state index in [1.165, 1.54) is 205 Å². The number of hydrogen-bond acceptors (Lipinski definition) is 4. The average Bonchev–Trinajstić information content (AvgIpc) is 3.15. The molecule has 0 fully saturated rings. The van der Waals surface area contributed by atoms with Crippen molar-refractivity contribution in [2.24, 2.45) is 0 Å². The van der Waals surface area contributed by atoms with Crippen molar-refractivity contribution in [3.8, 4) is 0 Å². The van der Waals surface area contributed by atoms with Crippen molar-refractivity contribution < 1.29 is 19.4 Å². The van der Waals surface area contributed by atoms with Gasteiger partial charge in [-0.2, -0.15) is 0 Å². The predicted octanol–water partition coefficient (Wildman–Crippen LogP) is 15.5. The third kappa shape index (κ3) is 43.3. The topological polar surface area (TPSA) is 55.8 Å². The molecule has 1 N–H and O–H groups in total. The van der Waals surface area contributed by atoms with Gasteiger partial charge in [-0.1, -0.05) is 224 Å². The van der Waals surface area contributed by atoms with E-state index >= 15 is 0 Å². The summed E-state index contributed by atoms with van der Waals surface area (Å²) in [5.74, 6) is -0.198. The lowest BCUT2D eigenvalue weighted by Crippen LogP contribution is -2.27. The highest BCUT2D eigenvalue weighted by atomic mass is 16.6. The van der Waals surface area contributed by atoms with Gasteiger partial charge in [-0.3, -0.25) is 4.79 Å². The zero-order chi connectivity index (χ0) is 37.7. The maximum Gasteiger partial charge on any atom is 0.306 e. The number of allylic oxidation sites excluding steroid dienone is 4. The molecular weight excluding hydrogens is 641 g/mol. The predicted molar refractivity (Wildman–Crippen MR) is 228 cm³/mol. The summed E-state index contributed by atoms with van der Waals surface area (Å²) in [6.07, 6.45) is 56.8. The van der Waals surface area contributed by atoms with Crippen LogP contribution in [-0.4, -0.2) is 37.0 Å². The zero-order valence-electron chi connectivity index (χ0n) is 35.3. The molecule has 0 spiro atoms. The molecular formula is C48H92O4. The Morgan fingerprint density at radius 1 is 0.462 bits per heavy atom. The van der Waals surface area contributed by atoms with Gasteiger partial charge in [0.15, 0.2) is 0 Å². The van der Waals surface area contributed by atoms with Crippen molar-refractivity contribution >= 4 is 5.97 Å². The van der Waals surface area contributed by atoms with E-state index in [0.717, 1.165) is 25.7 Å². The molecule has 0 bridgehead atoms. The van der Waals surface area contributed by atoms with Crippen molar-refractivity contribution in [2.75, 3.05) is 19.8 Å². The van der Waals surface area contributed by atoms with Crippen molar-refractivity contribution in [3.63, 3.8) is 0 Å². The number of aliphatic hydroxyl groups excluding tert-OH is 1. The van der Waals surface area contributed by atoms with Gasteiger partial charge in [0.25, 0.3) is 0 Å². The Labute approximate surface area is 326 Å². The smallest absolute Gasteiger partial charge is 0.306 e. The molecule has 1 unspecified atom stereocenters. The zero-order valence-corrected chi connectivity index (χ0v) is 35.3. The van der Waals surface area contributed by atoms with Crippen LogP contribution in [-0.2, 0) is 14.3 Å². The number of ether oxygens (including phenoxy) is 2. The van der Waals surface area contributed by atoms with E-state index in [4.69, 9.17) is 9.47 Å². The molecule has 308 valence electrons. The Kier molecular flexibility index (Phi) is 45.0. The average molecular weight is 733 g/mol. The molecule has 0 aliphatic heterocycles. The van der Waals surface area contributed by atoms with Crippen molar-refractivity contribution in [1.82, 2.24) is 0 Å². The van der Waals surface area contributed by atoms with E-state index < -0.39 is 6.10 Å². The molecule has 0 amide bonds. The minimum atomic E-state index is -0.531. The van der Waals surface area contributed by atoms with Crippen LogP contribution in [0, 0.1) is 0 Å². The van der Waals surface area contributed by atoms with Gasteiger partial charge in [0, 0.05) is 13.0 Å². The van der Waals surface area contributed by atoms with Crippen molar-refractivity contribution in [3.05, 3.63) is 24.3 Å². The lowest BCUT2D eigenvalue weighted by molar-refractivity contribution is -0.154. The van der Waals surface area contributed by atoms with Crippen LogP contribution >= 0.6 is 0 Å². The molecule has 0 heterocycles. The molecule has 1 atom stereocenters. The highest BCUT2D eigenvalue weighted by Gasteiger charge is 2.13. The molecule has 0 aromatic heterocycles. The number of unbranched alkanes of at least 4 members (excludes halogenated alkanes) is 32. The fourth-order valence-electron chi connectivity index (χ4n) is 7.01. The standard InChI is InChI=1S/C48H92O4/c1-3-5-7-9-11-13-15-17-19-21-22-23-24-25-26-27-29-31-33-35-37-39-41-43-48(50)52-47(45-49)46-51-44-42-40-38-36-34-32-30-28-20-18-16-14-12-10-8-6-4-2/h15,17,21-22,47,49H,3-14,16,18-20,23-46H2,1-2H3/b17-15-,22-21-. The Morgan fingerprint density at radius 2 is 0.808 bits per heavy atom. The second-order valence-corrected chi connectivity index (χ2v) is 15.8. The van der Waals surface area contributed by atoms with Gasteiger partial charge >= 0.3 is 5.97 Å². The van der Waals surface area contributed by atoms with E-state index in [2.05, 4.69) is 38.2 Å². The first-order chi connectivity index (χ1) is 25.7. The van der Waals surface area contributed by atoms with E-state index in [0.29, 0.717) is 19.6 Å². The van der Waals surface area contributed by atoms with Crippen molar-refractivity contribution in [2.45, 2.75) is 258 Å². The van der Waals surface area contributed by atoms with E-state index in [1.807, 2.05) is 0 Å². The van der Waals surface area contributed by atoms with Crippen LogP contribution in [0.4, 0.5) is 0 Å². The molecule has 0 aliphatic carbocycles. The molecule has 4 heteroatoms. The number of esters is 1. The third-order valence-corrected chi connectivity index (χ3v) is 10.5. The molecule has 0 aliphatic rings. The molecule has 0 saturated heterocycles. The SMILES string of the molecule is CCCCCCC/C=C\C/C=C\CCCCCCCCCCCCCC(=O)OC(CO)COCCCCCCCCCCCCCCCCCCC. The molecule has 52 heavy (non-hydrogen) atoms. The summed E-state index contributed by atoms with van der Waals surface area (Å²) in [6.45, 7) is 5.38. The first-order valence-electron chi connectivity index (χ1n) is 23.4. The molecule has 0 saturated carbocycles. The summed E-state index contributed by atoms with van der Waals surface area (Å²) < 4.78 is 11.2. The largest absolute Gasteiger partial charge is 0.457 e. The Hall–Kier alpha value is -1.13. The summed E-state index contributed by atoms with van der Waals surface area (Å²) in [5.41, 5.74) is 0. The van der Waals surface area contributed by atoms with Crippen LogP contribution in [0.15, 0.2) is 24.3 Å². The first kappa shape index (κ1) is 50.9. The van der Waals surface area contributed by atoms with Gasteiger partial charge in [-0.15, -0.1) is 0 Å². The lowest BCUT2D eigenvalue weighted by atomic mass is 10.0. The Balaban J connectivity index is 3.39. The minimum Gasteiger partial charge on any atom is -0.457 e. The van der Waals surface area contributed by atoms with Gasteiger partial charge in [0.1, 0.15) is 6.10 Å². The number of aliphatic hydroxyl groups is 1. The maximum atomic E-state index is 12.2. The second-order valence-electron chi connectivity index (χ2n) is 15.8. The second kappa shape index (κ2) is 46.0. The highest BCUT2D eigenvalue weighted by molar-refractivity contribution is 5.69. The van der Waals surface area contributed by atoms with E-state index in [1.54, 1.807) is 0 Å². The normalized spacial score (nSPS) is 12.4. The summed E-state index contributed by atoms with van der Waals surface area (Å²) in [5, 5.41) is 9.62. The number of carbonyl (C=O) groups excluding carboxylic acids is 1. The number of hydrogen-bond donors (Lipinski definition) is 1. The first-order valence-corrected chi connectivity index (χ1v) is 23.4. The highest BCUT2D eigenvalue weighted by Crippen LogP contribution is 2.15. The van der Waals surface area contributed by atoms with E-state index in [-0.39, 0.29) is 12.6 Å². The summed E-state index contributed by atoms with van der Waals surface area (Å²) in [7, 11) is 0. The summed E-state index contributed by atoms with van der Waals surface area (Å²) >= 11 is 0. The molecule has 0 rings (SSSR count). The Morgan fingerprint density at radius 3 is 1.19 bits per heavy atom. The number of rotatable bonds is 44. The van der Waals surface area contributed by atoms with Crippen LogP contribution < -0.4 is 0 Å². The van der Waals surface area contributed by atoms with Crippen LogP contribution in [0.5, 0.6) is 0 Å². The van der Waals surface area contributed by atoms with Crippen LogP contribution in [0.2, 0.25) is 0 Å². The molecule has 0 radical (unpaired) electrons. The van der Waals surface area contributed by atoms with Gasteiger partial charge in [-0.25, -0.2) is 0 Å². The third-order valence-electron chi connectivity index (χ3n) is 10.5. The monoisotopic (exact) mass is 733 g/mol. The molecule has 0 aromatic rings. The molecule has 4 nitrogen and oxygen atoms in total. The van der Waals surface area contributed by atoms with Gasteiger partial charge in [-0.05, 0) is 44.9 Å². The maximum absolute atomic E-state index is 12.2. The minimum absolute atomic E-state index is 0.168. The van der Waals surface area contributed by atoms with Gasteiger partial charge in [0.05, 0.1) is 13.2 Å². The summed E-state index contributed by atoms with van der Waals surface area (Å²) in [6, 6.07) is 0. The van der Waals surface area contributed by atoms with Crippen LogP contribution in [0.1, 0.15) is 251 Å². The van der Waals surface area contributed by atoms with Crippen LogP contribution in [0.25, 0.3) is 0 Å². The lowest BCUT2D eigenvalue weighted by Gasteiger charge is -2.16. The van der Waals surface area contributed by atoms with Crippen molar-refractivity contribution in [1.29, 1.82) is 0 Å². The summed E-state index contributed by atoms with van der Waals surface area (Å²) in [4.78, 5) is 12.2. The van der Waals surface area contributed by atoms with E-state index in [9.17, 15) is 9.90 Å². The Bertz CT molecular complexity index is 732. The molecule has 0 aromatic carbocycles. The quantitative estimate of drug-likeness (QED) is 0.0385. The fraction of sp³-hybridized carbons (Fsp3) is 0.896. The fourth-order valence-corrected chi connectivity index (χ4v) is 7.01. The van der Waals surface area contributed by atoms with Gasteiger partial charge < -0.3 is 14.6 Å². The van der Waals surface area contributed by atoms with Crippen LogP contribution in [0.3, 0.4) is 0 Å². The number of carbonyl (C=O) groups is 1. The van der Waals surface area contributed by atoms with Gasteiger partial charge in [0.2, 0.25) is 0 Å².